The number of hydrogen-bond acceptors (Lipinski definition) is 3. The Hall–Kier alpha value is -2.37. The van der Waals surface area contributed by atoms with E-state index in [1.807, 2.05) is 6.92 Å². The predicted octanol–water partition coefficient (Wildman–Crippen LogP) is 0.579. The van der Waals surface area contributed by atoms with E-state index in [-0.39, 0.29) is 24.3 Å². The van der Waals surface area contributed by atoms with Crippen LogP contribution >= 0.6 is 0 Å². The molecule has 1 aromatic rings. The molecule has 6 heteroatoms. The van der Waals surface area contributed by atoms with Gasteiger partial charge in [-0.3, -0.25) is 14.4 Å². The van der Waals surface area contributed by atoms with Gasteiger partial charge in [-0.1, -0.05) is 19.1 Å². The van der Waals surface area contributed by atoms with Crippen LogP contribution in [-0.4, -0.2) is 30.8 Å². The molecule has 1 rings (SSSR count). The number of amides is 3. The lowest BCUT2D eigenvalue weighted by molar-refractivity contribution is -0.120. The van der Waals surface area contributed by atoms with Gasteiger partial charge in [-0.15, -0.1) is 0 Å². The number of carbonyl (C=O) groups excluding carboxylic acids is 3. The van der Waals surface area contributed by atoms with Crippen molar-refractivity contribution in [3.63, 3.8) is 0 Å². The number of rotatable bonds is 7. The number of nitrogens with one attached hydrogen (secondary N) is 3. The SMILES string of the molecule is CCCNC(=O)CNC(=O)c1ccc(CNC(C)=O)cc1. The van der Waals surface area contributed by atoms with Gasteiger partial charge in [0.25, 0.3) is 5.91 Å². The molecule has 0 aliphatic heterocycles. The molecule has 114 valence electrons. The standard InChI is InChI=1S/C15H21N3O3/c1-3-8-16-14(20)10-18-15(21)13-6-4-12(5-7-13)9-17-11(2)19/h4-7H,3,8-10H2,1-2H3,(H,16,20)(H,17,19)(H,18,21). The zero-order valence-electron chi connectivity index (χ0n) is 12.4. The Morgan fingerprint density at radius 3 is 2.24 bits per heavy atom. The van der Waals surface area contributed by atoms with Crippen molar-refractivity contribution in [2.45, 2.75) is 26.8 Å². The van der Waals surface area contributed by atoms with Crippen LogP contribution in [0.3, 0.4) is 0 Å². The third kappa shape index (κ3) is 6.56. The maximum absolute atomic E-state index is 11.8. The summed E-state index contributed by atoms with van der Waals surface area (Å²) in [5, 5.41) is 7.92. The van der Waals surface area contributed by atoms with Gasteiger partial charge in [0.05, 0.1) is 6.54 Å². The van der Waals surface area contributed by atoms with Gasteiger partial charge in [0.1, 0.15) is 0 Å². The van der Waals surface area contributed by atoms with E-state index in [0.29, 0.717) is 18.7 Å². The first kappa shape index (κ1) is 16.7. The highest BCUT2D eigenvalue weighted by atomic mass is 16.2. The van der Waals surface area contributed by atoms with Gasteiger partial charge >= 0.3 is 0 Å². The first-order valence-electron chi connectivity index (χ1n) is 6.91. The normalized spacial score (nSPS) is 9.81. The third-order valence-corrected chi connectivity index (χ3v) is 2.74. The van der Waals surface area contributed by atoms with Gasteiger partial charge in [-0.25, -0.2) is 0 Å². The fraction of sp³-hybridized carbons (Fsp3) is 0.400. The summed E-state index contributed by atoms with van der Waals surface area (Å²) in [6, 6.07) is 6.86. The highest BCUT2D eigenvalue weighted by Crippen LogP contribution is 2.04. The summed E-state index contributed by atoms with van der Waals surface area (Å²) in [5.74, 6) is -0.602. The summed E-state index contributed by atoms with van der Waals surface area (Å²) in [4.78, 5) is 34.0. The largest absolute Gasteiger partial charge is 0.355 e. The van der Waals surface area contributed by atoms with Crippen LogP contribution in [0.25, 0.3) is 0 Å². The topological polar surface area (TPSA) is 87.3 Å². The van der Waals surface area contributed by atoms with E-state index in [4.69, 9.17) is 0 Å². The van der Waals surface area contributed by atoms with E-state index in [0.717, 1.165) is 12.0 Å². The molecule has 0 radical (unpaired) electrons. The Morgan fingerprint density at radius 1 is 1.00 bits per heavy atom. The Morgan fingerprint density at radius 2 is 1.67 bits per heavy atom. The fourth-order valence-corrected chi connectivity index (χ4v) is 1.59. The van der Waals surface area contributed by atoms with E-state index >= 15 is 0 Å². The molecule has 0 saturated carbocycles. The van der Waals surface area contributed by atoms with Gasteiger partial charge in [0.15, 0.2) is 0 Å². The molecule has 0 aliphatic carbocycles. The van der Waals surface area contributed by atoms with Crippen molar-refractivity contribution < 1.29 is 14.4 Å². The maximum Gasteiger partial charge on any atom is 0.251 e. The second-order valence-corrected chi connectivity index (χ2v) is 4.64. The molecule has 0 spiro atoms. The molecule has 1 aromatic carbocycles. The van der Waals surface area contributed by atoms with Crippen molar-refractivity contribution in [3.8, 4) is 0 Å². The average Bonchev–Trinajstić information content (AvgIpc) is 2.49. The Kier molecular flexibility index (Phi) is 6.94. The molecule has 0 saturated heterocycles. The summed E-state index contributed by atoms with van der Waals surface area (Å²) in [5.41, 5.74) is 1.38. The van der Waals surface area contributed by atoms with Gasteiger partial charge in [0.2, 0.25) is 11.8 Å². The monoisotopic (exact) mass is 291 g/mol. The van der Waals surface area contributed by atoms with Crippen LogP contribution in [0.2, 0.25) is 0 Å². The summed E-state index contributed by atoms with van der Waals surface area (Å²) in [7, 11) is 0. The molecular weight excluding hydrogens is 270 g/mol. The highest BCUT2D eigenvalue weighted by molar-refractivity contribution is 5.96. The van der Waals surface area contributed by atoms with Crippen LogP contribution in [0, 0.1) is 0 Å². The summed E-state index contributed by atoms with van der Waals surface area (Å²) < 4.78 is 0. The highest BCUT2D eigenvalue weighted by Gasteiger charge is 2.07. The molecule has 0 atom stereocenters. The molecule has 0 fully saturated rings. The van der Waals surface area contributed by atoms with Crippen LogP contribution in [0.4, 0.5) is 0 Å². The van der Waals surface area contributed by atoms with Crippen LogP contribution in [0.15, 0.2) is 24.3 Å². The van der Waals surface area contributed by atoms with Crippen molar-refractivity contribution in [3.05, 3.63) is 35.4 Å². The zero-order valence-corrected chi connectivity index (χ0v) is 12.4. The quantitative estimate of drug-likeness (QED) is 0.686. The first-order chi connectivity index (χ1) is 10.0. The minimum absolute atomic E-state index is 0.0352. The summed E-state index contributed by atoms with van der Waals surface area (Å²) in [6.07, 6.45) is 0.857. The third-order valence-electron chi connectivity index (χ3n) is 2.74. The van der Waals surface area contributed by atoms with E-state index in [1.165, 1.54) is 6.92 Å². The summed E-state index contributed by atoms with van der Waals surface area (Å²) >= 11 is 0. The second kappa shape index (κ2) is 8.73. The number of benzene rings is 1. The van der Waals surface area contributed by atoms with Crippen molar-refractivity contribution in [1.82, 2.24) is 16.0 Å². The van der Waals surface area contributed by atoms with Gasteiger partial charge in [0, 0.05) is 25.6 Å². The Labute approximate surface area is 124 Å². The minimum Gasteiger partial charge on any atom is -0.355 e. The molecular formula is C15H21N3O3. The lowest BCUT2D eigenvalue weighted by atomic mass is 10.1. The zero-order chi connectivity index (χ0) is 15.7. The molecule has 3 N–H and O–H groups in total. The predicted molar refractivity (Wildman–Crippen MR) is 79.6 cm³/mol. The van der Waals surface area contributed by atoms with Gasteiger partial charge < -0.3 is 16.0 Å². The maximum atomic E-state index is 11.8. The van der Waals surface area contributed by atoms with Crippen LogP contribution in [-0.2, 0) is 16.1 Å². The minimum atomic E-state index is -0.298. The average molecular weight is 291 g/mol. The van der Waals surface area contributed by atoms with E-state index < -0.39 is 0 Å². The second-order valence-electron chi connectivity index (χ2n) is 4.64. The molecule has 0 heterocycles. The molecule has 6 nitrogen and oxygen atoms in total. The van der Waals surface area contributed by atoms with Crippen LogP contribution in [0.5, 0.6) is 0 Å². The lowest BCUT2D eigenvalue weighted by Crippen LogP contribution is -2.37. The van der Waals surface area contributed by atoms with E-state index in [1.54, 1.807) is 24.3 Å². The summed E-state index contributed by atoms with van der Waals surface area (Å²) in [6.45, 7) is 4.41. The van der Waals surface area contributed by atoms with Gasteiger partial charge in [-0.2, -0.15) is 0 Å². The molecule has 3 amide bonds. The van der Waals surface area contributed by atoms with Gasteiger partial charge in [-0.05, 0) is 24.1 Å². The number of carbonyl (C=O) groups is 3. The molecule has 0 bridgehead atoms. The Balaban J connectivity index is 2.44. The first-order valence-corrected chi connectivity index (χ1v) is 6.91. The molecule has 0 aromatic heterocycles. The number of hydrogen-bond donors (Lipinski definition) is 3. The van der Waals surface area contributed by atoms with Crippen LogP contribution in [0.1, 0.15) is 36.2 Å². The van der Waals surface area contributed by atoms with Crippen molar-refractivity contribution >= 4 is 17.7 Å². The van der Waals surface area contributed by atoms with Crippen LogP contribution < -0.4 is 16.0 Å². The fourth-order valence-electron chi connectivity index (χ4n) is 1.59. The smallest absolute Gasteiger partial charge is 0.251 e. The molecule has 0 aliphatic rings. The molecule has 21 heavy (non-hydrogen) atoms. The van der Waals surface area contributed by atoms with Crippen molar-refractivity contribution in [2.75, 3.05) is 13.1 Å². The molecule has 0 unspecified atom stereocenters. The van der Waals surface area contributed by atoms with Crippen molar-refractivity contribution in [2.24, 2.45) is 0 Å². The van der Waals surface area contributed by atoms with E-state index in [9.17, 15) is 14.4 Å². The van der Waals surface area contributed by atoms with E-state index in [2.05, 4.69) is 16.0 Å². The Bertz CT molecular complexity index is 497. The van der Waals surface area contributed by atoms with Crippen molar-refractivity contribution in [1.29, 1.82) is 0 Å². The lowest BCUT2D eigenvalue weighted by Gasteiger charge is -2.07.